The molecule has 2 aromatic heterocycles. The number of hydrogen-bond acceptors (Lipinski definition) is 6. The summed E-state index contributed by atoms with van der Waals surface area (Å²) in [6, 6.07) is 13.3. The van der Waals surface area contributed by atoms with Crippen LogP contribution in [0, 0.1) is 17.7 Å². The Morgan fingerprint density at radius 1 is 1.11 bits per heavy atom. The Morgan fingerprint density at radius 2 is 1.98 bits per heavy atom. The first-order valence-electron chi connectivity index (χ1n) is 15.8. The number of anilines is 1. The van der Waals surface area contributed by atoms with Crippen molar-refractivity contribution in [2.75, 3.05) is 18.9 Å². The van der Waals surface area contributed by atoms with Gasteiger partial charge in [-0.1, -0.05) is 24.0 Å². The van der Waals surface area contributed by atoms with Gasteiger partial charge in [0.2, 0.25) is 11.8 Å². The molecule has 2 fully saturated rings. The number of nitrogens with one attached hydrogen (secondary N) is 3. The largest absolute Gasteiger partial charge is 0.357 e. The normalized spacial score (nSPS) is 19.4. The fourth-order valence-corrected chi connectivity index (χ4v) is 6.75. The van der Waals surface area contributed by atoms with Crippen LogP contribution in [0.2, 0.25) is 0 Å². The Bertz CT molecular complexity index is 2010. The van der Waals surface area contributed by atoms with Gasteiger partial charge in [-0.2, -0.15) is 0 Å². The first-order chi connectivity index (χ1) is 22.7. The maximum atomic E-state index is 15.1. The molecule has 0 aliphatic carbocycles. The fraction of sp³-hybridized carbons (Fsp3) is 0.306. The third-order valence-corrected chi connectivity index (χ3v) is 9.27. The molecule has 2 atom stereocenters. The van der Waals surface area contributed by atoms with Crippen LogP contribution >= 0.6 is 0 Å². The zero-order valence-electron chi connectivity index (χ0n) is 25.9. The fourth-order valence-electron chi connectivity index (χ4n) is 6.75. The molecule has 4 amide bonds. The topological polar surface area (TPSA) is 128 Å². The van der Waals surface area contributed by atoms with E-state index >= 15 is 4.39 Å². The minimum Gasteiger partial charge on any atom is -0.357 e. The standard InChI is InChI=1S/C36H33FN6O4/c1-42-15-5-10-30(42)29-17-23-19-38-32(18-28(23)39-29)40-34(45)25-12-11-21(16-27(25)37)6-2-3-7-22-8-4-9-24-26(22)20-43(36(24)47)31-13-14-33(44)41-35(31)46/h4,8-9,11-12,16-19,30-31,39H,2,5-6,10,13-15,20H2,1H3,(H,38,40,45)(H,41,44,46)/t30-,31?/m1/s1. The van der Waals surface area contributed by atoms with E-state index < -0.39 is 23.7 Å². The van der Waals surface area contributed by atoms with Crippen LogP contribution < -0.4 is 10.6 Å². The van der Waals surface area contributed by atoms with E-state index in [-0.39, 0.29) is 30.3 Å². The molecule has 2 saturated heterocycles. The molecule has 3 N–H and O–H groups in total. The van der Waals surface area contributed by atoms with E-state index in [1.165, 1.54) is 17.0 Å². The Hall–Kier alpha value is -5.34. The van der Waals surface area contributed by atoms with E-state index in [2.05, 4.69) is 50.5 Å². The Labute approximate surface area is 270 Å². The minimum absolute atomic E-state index is 0.0773. The molecule has 3 aliphatic heterocycles. The highest BCUT2D eigenvalue weighted by molar-refractivity contribution is 6.06. The predicted octanol–water partition coefficient (Wildman–Crippen LogP) is 4.47. The molecule has 47 heavy (non-hydrogen) atoms. The van der Waals surface area contributed by atoms with E-state index in [0.717, 1.165) is 41.5 Å². The van der Waals surface area contributed by atoms with Gasteiger partial charge in [0.05, 0.1) is 11.1 Å². The summed E-state index contributed by atoms with van der Waals surface area (Å²) >= 11 is 0. The van der Waals surface area contributed by atoms with Crippen LogP contribution in [-0.4, -0.2) is 63.0 Å². The number of likely N-dealkylation sites (tertiary alicyclic amines) is 1. The zero-order chi connectivity index (χ0) is 32.7. The van der Waals surface area contributed by atoms with Gasteiger partial charge in [0.1, 0.15) is 17.7 Å². The van der Waals surface area contributed by atoms with E-state index in [4.69, 9.17) is 0 Å². The number of carbonyl (C=O) groups excluding carboxylic acids is 4. The monoisotopic (exact) mass is 632 g/mol. The Balaban J connectivity index is 0.973. The number of H-pyrrole nitrogens is 1. The predicted molar refractivity (Wildman–Crippen MR) is 173 cm³/mol. The van der Waals surface area contributed by atoms with Gasteiger partial charge in [0, 0.05) is 59.9 Å². The Kier molecular flexibility index (Phi) is 8.03. The molecule has 5 heterocycles. The number of rotatable bonds is 6. The van der Waals surface area contributed by atoms with Crippen LogP contribution in [-0.2, 0) is 22.6 Å². The number of aromatic nitrogens is 2. The minimum atomic E-state index is -0.690. The molecule has 0 saturated carbocycles. The number of aryl methyl sites for hydroxylation is 1. The highest BCUT2D eigenvalue weighted by Crippen LogP contribution is 2.32. The summed E-state index contributed by atoms with van der Waals surface area (Å²) in [4.78, 5) is 61.5. The van der Waals surface area contributed by atoms with Gasteiger partial charge in [-0.25, -0.2) is 9.37 Å². The van der Waals surface area contributed by atoms with Crippen molar-refractivity contribution < 1.29 is 23.6 Å². The van der Waals surface area contributed by atoms with Crippen molar-refractivity contribution in [3.8, 4) is 11.8 Å². The van der Waals surface area contributed by atoms with Crippen LogP contribution in [0.5, 0.6) is 0 Å². The van der Waals surface area contributed by atoms with Crippen LogP contribution in [0.4, 0.5) is 10.2 Å². The number of hydrogen-bond donors (Lipinski definition) is 3. The molecular weight excluding hydrogens is 599 g/mol. The van der Waals surface area contributed by atoms with Gasteiger partial charge in [-0.15, -0.1) is 0 Å². The highest BCUT2D eigenvalue weighted by Gasteiger charge is 2.39. The molecule has 0 bridgehead atoms. The SMILES string of the molecule is CN1CCC[C@@H]1c1cc2cnc(NC(=O)c3ccc(CCC#Cc4cccc5c4CN(C4CCC(=O)NC4=O)C5=O)cc3F)cc2[nH]1. The van der Waals surface area contributed by atoms with Crippen molar-refractivity contribution in [1.29, 1.82) is 0 Å². The highest BCUT2D eigenvalue weighted by atomic mass is 19.1. The molecule has 7 rings (SSSR count). The van der Waals surface area contributed by atoms with Gasteiger partial charge in [-0.3, -0.25) is 29.4 Å². The molecule has 0 spiro atoms. The average molecular weight is 633 g/mol. The average Bonchev–Trinajstić information content (AvgIpc) is 3.76. The van der Waals surface area contributed by atoms with E-state index in [1.54, 1.807) is 30.5 Å². The number of amides is 4. The molecule has 10 nitrogen and oxygen atoms in total. The third-order valence-electron chi connectivity index (χ3n) is 9.27. The van der Waals surface area contributed by atoms with Gasteiger partial charge < -0.3 is 15.2 Å². The van der Waals surface area contributed by atoms with Gasteiger partial charge >= 0.3 is 0 Å². The Morgan fingerprint density at radius 3 is 2.77 bits per heavy atom. The van der Waals surface area contributed by atoms with Crippen LogP contribution in [0.3, 0.4) is 0 Å². The van der Waals surface area contributed by atoms with Crippen LogP contribution in [0.1, 0.15) is 81.2 Å². The second-order valence-electron chi connectivity index (χ2n) is 12.3. The van der Waals surface area contributed by atoms with Gasteiger partial charge in [0.15, 0.2) is 0 Å². The van der Waals surface area contributed by atoms with E-state index in [0.29, 0.717) is 47.8 Å². The van der Waals surface area contributed by atoms with Crippen molar-refractivity contribution in [1.82, 2.24) is 25.1 Å². The summed E-state index contributed by atoms with van der Waals surface area (Å²) in [5.41, 5.74) is 4.55. The lowest BCUT2D eigenvalue weighted by Crippen LogP contribution is -2.52. The summed E-state index contributed by atoms with van der Waals surface area (Å²) < 4.78 is 15.1. The summed E-state index contributed by atoms with van der Waals surface area (Å²) in [6.45, 7) is 1.30. The molecule has 4 aromatic rings. The molecule has 238 valence electrons. The number of aromatic amines is 1. The molecule has 11 heteroatoms. The molecule has 0 radical (unpaired) electrons. The molecule has 1 unspecified atom stereocenters. The number of benzene rings is 2. The number of halogens is 1. The summed E-state index contributed by atoms with van der Waals surface area (Å²) in [6.07, 6.45) is 5.32. The van der Waals surface area contributed by atoms with Crippen LogP contribution in [0.25, 0.3) is 10.9 Å². The van der Waals surface area contributed by atoms with Crippen molar-refractivity contribution in [3.63, 3.8) is 0 Å². The quantitative estimate of drug-likeness (QED) is 0.213. The maximum absolute atomic E-state index is 15.1. The first kappa shape index (κ1) is 30.3. The number of pyridine rings is 1. The molecular formula is C36H33FN6O4. The lowest BCUT2D eigenvalue weighted by Gasteiger charge is -2.29. The van der Waals surface area contributed by atoms with E-state index in [1.807, 2.05) is 6.07 Å². The van der Waals surface area contributed by atoms with Crippen molar-refractivity contribution >= 4 is 40.3 Å². The zero-order valence-corrected chi connectivity index (χ0v) is 25.9. The number of imide groups is 1. The maximum Gasteiger partial charge on any atom is 0.259 e. The second-order valence-corrected chi connectivity index (χ2v) is 12.3. The number of carbonyl (C=O) groups is 4. The number of fused-ring (bicyclic) bond motifs is 2. The lowest BCUT2D eigenvalue weighted by molar-refractivity contribution is -0.136. The summed E-state index contributed by atoms with van der Waals surface area (Å²) in [7, 11) is 2.11. The van der Waals surface area contributed by atoms with Gasteiger partial charge in [-0.05, 0) is 80.7 Å². The van der Waals surface area contributed by atoms with Crippen molar-refractivity contribution in [2.24, 2.45) is 0 Å². The molecule has 3 aliphatic rings. The third kappa shape index (κ3) is 6.00. The van der Waals surface area contributed by atoms with Crippen LogP contribution in [0.15, 0.2) is 54.7 Å². The lowest BCUT2D eigenvalue weighted by atomic mass is 10.0. The second kappa shape index (κ2) is 12.5. The van der Waals surface area contributed by atoms with E-state index in [9.17, 15) is 19.2 Å². The van der Waals surface area contributed by atoms with Crippen molar-refractivity contribution in [2.45, 2.75) is 57.2 Å². The smallest absolute Gasteiger partial charge is 0.259 e. The number of piperidine rings is 1. The first-order valence-corrected chi connectivity index (χ1v) is 15.8. The molecule has 2 aromatic carbocycles. The summed E-state index contributed by atoms with van der Waals surface area (Å²) in [5, 5.41) is 5.98. The summed E-state index contributed by atoms with van der Waals surface area (Å²) in [5.74, 6) is 4.33. The van der Waals surface area contributed by atoms with Gasteiger partial charge in [0.25, 0.3) is 11.8 Å². The number of nitrogens with zero attached hydrogens (tertiary/aromatic N) is 3. The van der Waals surface area contributed by atoms with Crippen molar-refractivity contribution in [3.05, 3.63) is 94.1 Å².